The van der Waals surface area contributed by atoms with E-state index in [4.69, 9.17) is 12.2 Å². The van der Waals surface area contributed by atoms with Crippen LogP contribution in [0, 0.1) is 16.4 Å². The molecule has 5 nitrogen and oxygen atoms in total. The standard InChI is InChI=1S/C15H18F2N4OS/c1-3-4-13-19-20-15(23)21(13)8-14(22)18-9(2)10-5-6-11(16)12(17)7-10/h5-7,9H,3-4,8H2,1-2H3,(H,18,22)(H,20,23). The highest BCUT2D eigenvalue weighted by Crippen LogP contribution is 2.16. The molecule has 0 saturated carbocycles. The number of aromatic nitrogens is 3. The lowest BCUT2D eigenvalue weighted by Gasteiger charge is -2.15. The first-order chi connectivity index (χ1) is 10.9. The van der Waals surface area contributed by atoms with Crippen molar-refractivity contribution in [3.8, 4) is 0 Å². The molecule has 0 spiro atoms. The van der Waals surface area contributed by atoms with Crippen LogP contribution in [0.2, 0.25) is 0 Å². The van der Waals surface area contributed by atoms with E-state index in [-0.39, 0.29) is 12.5 Å². The third-order valence-corrected chi connectivity index (χ3v) is 3.75. The number of nitrogens with one attached hydrogen (secondary N) is 2. The number of halogens is 2. The van der Waals surface area contributed by atoms with Crippen molar-refractivity contribution >= 4 is 18.1 Å². The van der Waals surface area contributed by atoms with E-state index in [1.54, 1.807) is 11.5 Å². The first kappa shape index (κ1) is 17.3. The van der Waals surface area contributed by atoms with Gasteiger partial charge in [0.2, 0.25) is 5.91 Å². The van der Waals surface area contributed by atoms with Gasteiger partial charge in [-0.25, -0.2) is 8.78 Å². The zero-order chi connectivity index (χ0) is 17.0. The molecule has 23 heavy (non-hydrogen) atoms. The van der Waals surface area contributed by atoms with Gasteiger partial charge in [0.05, 0.1) is 6.04 Å². The van der Waals surface area contributed by atoms with E-state index in [1.807, 2.05) is 6.92 Å². The topological polar surface area (TPSA) is 62.7 Å². The molecule has 0 fully saturated rings. The van der Waals surface area contributed by atoms with Crippen molar-refractivity contribution in [2.45, 2.75) is 39.3 Å². The van der Waals surface area contributed by atoms with Gasteiger partial charge in [0.15, 0.2) is 16.4 Å². The fourth-order valence-corrected chi connectivity index (χ4v) is 2.44. The van der Waals surface area contributed by atoms with Gasteiger partial charge in [0.25, 0.3) is 0 Å². The Morgan fingerprint density at radius 2 is 2.17 bits per heavy atom. The number of amides is 1. The van der Waals surface area contributed by atoms with Crippen LogP contribution in [0.3, 0.4) is 0 Å². The third-order valence-electron chi connectivity index (χ3n) is 3.43. The maximum Gasteiger partial charge on any atom is 0.240 e. The molecule has 0 bridgehead atoms. The van der Waals surface area contributed by atoms with Gasteiger partial charge in [-0.1, -0.05) is 13.0 Å². The van der Waals surface area contributed by atoms with Crippen molar-refractivity contribution in [2.24, 2.45) is 0 Å². The van der Waals surface area contributed by atoms with E-state index >= 15 is 0 Å². The Kier molecular flexibility index (Phi) is 5.59. The van der Waals surface area contributed by atoms with Gasteiger partial charge >= 0.3 is 0 Å². The van der Waals surface area contributed by atoms with Crippen molar-refractivity contribution in [1.29, 1.82) is 0 Å². The quantitative estimate of drug-likeness (QED) is 0.795. The van der Waals surface area contributed by atoms with Gasteiger partial charge < -0.3 is 5.32 Å². The zero-order valence-electron chi connectivity index (χ0n) is 12.9. The minimum absolute atomic E-state index is 0.0265. The van der Waals surface area contributed by atoms with Crippen LogP contribution in [0.15, 0.2) is 18.2 Å². The number of hydrogen-bond donors (Lipinski definition) is 2. The fourth-order valence-electron chi connectivity index (χ4n) is 2.22. The summed E-state index contributed by atoms with van der Waals surface area (Å²) in [6.07, 6.45) is 1.59. The van der Waals surface area contributed by atoms with E-state index < -0.39 is 17.7 Å². The van der Waals surface area contributed by atoms with Crippen molar-refractivity contribution in [3.05, 3.63) is 46.0 Å². The molecule has 2 N–H and O–H groups in total. The summed E-state index contributed by atoms with van der Waals surface area (Å²) in [4.78, 5) is 12.2. The molecule has 1 atom stereocenters. The Bertz CT molecular complexity index is 756. The first-order valence-corrected chi connectivity index (χ1v) is 7.71. The Labute approximate surface area is 137 Å². The lowest BCUT2D eigenvalue weighted by atomic mass is 10.1. The fraction of sp³-hybridized carbons (Fsp3) is 0.400. The molecule has 0 aliphatic heterocycles. The van der Waals surface area contributed by atoms with Gasteiger partial charge in [-0.05, 0) is 43.3 Å². The van der Waals surface area contributed by atoms with E-state index in [0.29, 0.717) is 22.6 Å². The van der Waals surface area contributed by atoms with Crippen molar-refractivity contribution in [2.75, 3.05) is 0 Å². The van der Waals surface area contributed by atoms with Crippen molar-refractivity contribution in [3.63, 3.8) is 0 Å². The molecule has 1 heterocycles. The summed E-state index contributed by atoms with van der Waals surface area (Å²) in [5.41, 5.74) is 0.488. The second-order valence-corrected chi connectivity index (χ2v) is 5.63. The normalized spacial score (nSPS) is 12.2. The van der Waals surface area contributed by atoms with Crippen LogP contribution in [0.25, 0.3) is 0 Å². The van der Waals surface area contributed by atoms with Gasteiger partial charge in [0, 0.05) is 6.42 Å². The summed E-state index contributed by atoms with van der Waals surface area (Å²) >= 11 is 5.12. The molecule has 1 aromatic heterocycles. The van der Waals surface area contributed by atoms with Crippen LogP contribution < -0.4 is 5.32 Å². The number of carbonyl (C=O) groups excluding carboxylic acids is 1. The maximum atomic E-state index is 13.3. The van der Waals surface area contributed by atoms with Crippen LogP contribution in [0.5, 0.6) is 0 Å². The van der Waals surface area contributed by atoms with Gasteiger partial charge in [-0.3, -0.25) is 14.5 Å². The highest BCUT2D eigenvalue weighted by Gasteiger charge is 2.14. The molecule has 124 valence electrons. The van der Waals surface area contributed by atoms with Crippen LogP contribution in [-0.4, -0.2) is 20.7 Å². The Morgan fingerprint density at radius 3 is 2.83 bits per heavy atom. The third kappa shape index (κ3) is 4.22. The highest BCUT2D eigenvalue weighted by atomic mass is 32.1. The molecule has 1 aromatic carbocycles. The summed E-state index contributed by atoms with van der Waals surface area (Å²) in [5.74, 6) is -1.42. The number of H-pyrrole nitrogens is 1. The molecule has 0 saturated heterocycles. The van der Waals surface area contributed by atoms with Crippen LogP contribution in [0.1, 0.15) is 37.7 Å². The van der Waals surface area contributed by atoms with Crippen LogP contribution in [-0.2, 0) is 17.8 Å². The van der Waals surface area contributed by atoms with E-state index in [0.717, 1.165) is 18.6 Å². The molecular weight excluding hydrogens is 322 g/mol. The second-order valence-electron chi connectivity index (χ2n) is 5.24. The predicted molar refractivity (Wildman–Crippen MR) is 84.3 cm³/mol. The largest absolute Gasteiger partial charge is 0.348 e. The van der Waals surface area contributed by atoms with Crippen molar-refractivity contribution < 1.29 is 13.6 Å². The summed E-state index contributed by atoms with van der Waals surface area (Å²) in [7, 11) is 0. The average Bonchev–Trinajstić information content (AvgIpc) is 2.83. The summed E-state index contributed by atoms with van der Waals surface area (Å²) < 4.78 is 28.2. The molecule has 0 aliphatic carbocycles. The summed E-state index contributed by atoms with van der Waals surface area (Å²) in [5, 5.41) is 9.50. The van der Waals surface area contributed by atoms with Gasteiger partial charge in [-0.15, -0.1) is 0 Å². The first-order valence-electron chi connectivity index (χ1n) is 7.30. The molecule has 2 aromatic rings. The number of hydrogen-bond acceptors (Lipinski definition) is 3. The lowest BCUT2D eigenvalue weighted by Crippen LogP contribution is -2.30. The SMILES string of the molecule is CCCc1n[nH]c(=S)n1CC(=O)NC(C)c1ccc(F)c(F)c1. The minimum Gasteiger partial charge on any atom is -0.348 e. The number of nitrogens with zero attached hydrogens (tertiary/aromatic N) is 2. The number of aromatic amines is 1. The molecule has 0 aliphatic rings. The number of benzene rings is 1. The van der Waals surface area contributed by atoms with Gasteiger partial charge in [0.1, 0.15) is 12.4 Å². The molecule has 8 heteroatoms. The Morgan fingerprint density at radius 1 is 1.43 bits per heavy atom. The smallest absolute Gasteiger partial charge is 0.240 e. The monoisotopic (exact) mass is 340 g/mol. The lowest BCUT2D eigenvalue weighted by molar-refractivity contribution is -0.122. The summed E-state index contributed by atoms with van der Waals surface area (Å²) in [6.45, 7) is 3.73. The average molecular weight is 340 g/mol. The number of rotatable bonds is 6. The van der Waals surface area contributed by atoms with E-state index in [1.165, 1.54) is 6.07 Å². The minimum atomic E-state index is -0.939. The molecule has 2 rings (SSSR count). The van der Waals surface area contributed by atoms with Crippen LogP contribution >= 0.6 is 12.2 Å². The number of aryl methyl sites for hydroxylation is 1. The van der Waals surface area contributed by atoms with E-state index in [9.17, 15) is 13.6 Å². The maximum absolute atomic E-state index is 13.3. The Hall–Kier alpha value is -2.09. The number of carbonyl (C=O) groups is 1. The van der Waals surface area contributed by atoms with Gasteiger partial charge in [-0.2, -0.15) is 5.10 Å². The highest BCUT2D eigenvalue weighted by molar-refractivity contribution is 7.71. The second kappa shape index (κ2) is 7.45. The summed E-state index contributed by atoms with van der Waals surface area (Å²) in [6, 6.07) is 3.11. The zero-order valence-corrected chi connectivity index (χ0v) is 13.7. The molecule has 1 unspecified atom stereocenters. The predicted octanol–water partition coefficient (Wildman–Crippen LogP) is 3.05. The molecule has 1 amide bonds. The Balaban J connectivity index is 2.06. The van der Waals surface area contributed by atoms with E-state index in [2.05, 4.69) is 15.5 Å². The van der Waals surface area contributed by atoms with Crippen molar-refractivity contribution in [1.82, 2.24) is 20.1 Å². The van der Waals surface area contributed by atoms with Crippen LogP contribution in [0.4, 0.5) is 8.78 Å². The molecule has 0 radical (unpaired) electrons. The molecular formula is C15H18F2N4OS.